The molecule has 0 aromatic carbocycles. The summed E-state index contributed by atoms with van der Waals surface area (Å²) in [5, 5.41) is 7.76. The van der Waals surface area contributed by atoms with E-state index in [1.165, 1.54) is 36.5 Å². The number of fused-ring (bicyclic) bond motifs is 1. The van der Waals surface area contributed by atoms with E-state index in [2.05, 4.69) is 15.3 Å². The van der Waals surface area contributed by atoms with Crippen molar-refractivity contribution in [3.8, 4) is 0 Å². The van der Waals surface area contributed by atoms with Gasteiger partial charge in [-0.2, -0.15) is 4.68 Å². The van der Waals surface area contributed by atoms with Crippen molar-refractivity contribution in [2.75, 3.05) is 14.2 Å². The predicted molar refractivity (Wildman–Crippen MR) is 77.5 cm³/mol. The molecule has 2 heterocycles. The Kier molecular flexibility index (Phi) is 4.64. The van der Waals surface area contributed by atoms with Crippen LogP contribution in [0.15, 0.2) is 23.1 Å². The molecule has 0 unspecified atom stereocenters. The lowest BCUT2D eigenvalue weighted by atomic mass is 10.4. The lowest BCUT2D eigenvalue weighted by Gasteiger charge is -2.16. The van der Waals surface area contributed by atoms with Gasteiger partial charge in [-0.3, -0.25) is 4.79 Å². The minimum atomic E-state index is -2.42. The zero-order valence-electron chi connectivity index (χ0n) is 10.2. The molecule has 0 spiro atoms. The van der Waals surface area contributed by atoms with Gasteiger partial charge in [0.25, 0.3) is 5.56 Å². The van der Waals surface area contributed by atoms with Crippen LogP contribution in [0.5, 0.6) is 0 Å². The van der Waals surface area contributed by atoms with Gasteiger partial charge in [-0.25, -0.2) is 4.98 Å². The summed E-state index contributed by atoms with van der Waals surface area (Å²) in [4.78, 5) is 16.1. The monoisotopic (exact) mass is 318 g/mol. The highest BCUT2D eigenvalue weighted by Gasteiger charge is 2.17. The summed E-state index contributed by atoms with van der Waals surface area (Å²) in [5.74, 6) is 0.206. The molecular formula is C9H11N4O3PS2. The smallest absolute Gasteiger partial charge is 0.297 e. The van der Waals surface area contributed by atoms with Gasteiger partial charge in [0.1, 0.15) is 11.4 Å². The summed E-state index contributed by atoms with van der Waals surface area (Å²) >= 11 is 6.41. The largest absolute Gasteiger partial charge is 0.325 e. The zero-order valence-corrected chi connectivity index (χ0v) is 12.7. The van der Waals surface area contributed by atoms with Gasteiger partial charge in [0.2, 0.25) is 5.69 Å². The molecule has 19 heavy (non-hydrogen) atoms. The molecule has 0 saturated heterocycles. The molecule has 102 valence electrons. The Morgan fingerprint density at radius 1 is 1.47 bits per heavy atom. The van der Waals surface area contributed by atoms with Crippen LogP contribution < -0.4 is 5.56 Å². The maximum atomic E-state index is 12.1. The molecule has 0 aliphatic heterocycles. The molecule has 0 N–H and O–H groups in total. The van der Waals surface area contributed by atoms with E-state index in [9.17, 15) is 4.79 Å². The maximum absolute atomic E-state index is 12.1. The van der Waals surface area contributed by atoms with Crippen LogP contribution in [0.4, 0.5) is 0 Å². The maximum Gasteiger partial charge on any atom is 0.297 e. The lowest BCUT2D eigenvalue weighted by molar-refractivity contribution is 0.353. The summed E-state index contributed by atoms with van der Waals surface area (Å²) in [6.45, 7) is 0. The van der Waals surface area contributed by atoms with Crippen molar-refractivity contribution in [3.63, 3.8) is 0 Å². The minimum Gasteiger partial charge on any atom is -0.325 e. The number of hydrogen-bond acceptors (Lipinski definition) is 8. The molecule has 0 aliphatic carbocycles. The van der Waals surface area contributed by atoms with E-state index in [0.717, 1.165) is 0 Å². The molecule has 2 rings (SSSR count). The normalized spacial score (nSPS) is 11.9. The number of pyridine rings is 1. The van der Waals surface area contributed by atoms with Gasteiger partial charge < -0.3 is 9.05 Å². The van der Waals surface area contributed by atoms with E-state index >= 15 is 0 Å². The second kappa shape index (κ2) is 6.06. The third-order valence-electron chi connectivity index (χ3n) is 2.27. The van der Waals surface area contributed by atoms with Crippen LogP contribution in [0.1, 0.15) is 0 Å². The van der Waals surface area contributed by atoms with Crippen molar-refractivity contribution in [2.24, 2.45) is 0 Å². The summed E-state index contributed by atoms with van der Waals surface area (Å²) < 4.78 is 11.4. The Morgan fingerprint density at radius 2 is 2.21 bits per heavy atom. The van der Waals surface area contributed by atoms with Crippen molar-refractivity contribution in [1.82, 2.24) is 20.0 Å². The molecule has 10 heteroatoms. The van der Waals surface area contributed by atoms with Gasteiger partial charge >= 0.3 is 0 Å². The highest BCUT2D eigenvalue weighted by molar-refractivity contribution is 8.67. The highest BCUT2D eigenvalue weighted by Crippen LogP contribution is 2.60. The molecule has 0 atom stereocenters. The SMILES string of the molecule is COP(=S)(OC)SCn1nnc2cccnc2c1=O. The van der Waals surface area contributed by atoms with Gasteiger partial charge in [-0.05, 0) is 35.3 Å². The number of nitrogens with zero attached hydrogens (tertiary/aromatic N) is 4. The summed E-state index contributed by atoms with van der Waals surface area (Å²) in [6.07, 6.45) is 1.54. The molecule has 0 amide bonds. The van der Waals surface area contributed by atoms with Crippen LogP contribution in [0.3, 0.4) is 0 Å². The standard InChI is InChI=1S/C9H11N4O3PS2/c1-15-17(18,16-2)19-6-13-9(14)8-7(11-12-13)4-3-5-10-8/h3-5H,6H2,1-2H3. The van der Waals surface area contributed by atoms with Crippen molar-refractivity contribution in [2.45, 2.75) is 5.88 Å². The van der Waals surface area contributed by atoms with Crippen molar-refractivity contribution < 1.29 is 9.05 Å². The molecule has 0 fully saturated rings. The molecule has 0 saturated carbocycles. The minimum absolute atomic E-state index is 0.206. The molecule has 2 aromatic rings. The van der Waals surface area contributed by atoms with Crippen LogP contribution >= 0.6 is 17.1 Å². The van der Waals surface area contributed by atoms with E-state index in [1.807, 2.05) is 0 Å². The lowest BCUT2D eigenvalue weighted by Crippen LogP contribution is -2.24. The Morgan fingerprint density at radius 3 is 2.89 bits per heavy atom. The number of hydrogen-bond donors (Lipinski definition) is 0. The summed E-state index contributed by atoms with van der Waals surface area (Å²) in [5.41, 5.74) is -1.99. The molecule has 7 nitrogen and oxygen atoms in total. The zero-order chi connectivity index (χ0) is 13.9. The first-order valence-electron chi connectivity index (χ1n) is 5.14. The van der Waals surface area contributed by atoms with E-state index in [-0.39, 0.29) is 17.0 Å². The van der Waals surface area contributed by atoms with Crippen molar-refractivity contribution in [1.29, 1.82) is 0 Å². The first-order chi connectivity index (χ1) is 9.09. The van der Waals surface area contributed by atoms with Gasteiger partial charge in [-0.15, -0.1) is 5.10 Å². The third kappa shape index (κ3) is 3.18. The quantitative estimate of drug-likeness (QED) is 0.765. The summed E-state index contributed by atoms with van der Waals surface area (Å²) in [7, 11) is 2.96. The molecule has 0 aliphatic rings. The fourth-order valence-corrected chi connectivity index (χ4v) is 3.89. The number of aromatic nitrogens is 4. The average Bonchev–Trinajstić information content (AvgIpc) is 2.46. The highest BCUT2D eigenvalue weighted by atomic mass is 32.9. The number of rotatable bonds is 5. The van der Waals surface area contributed by atoms with Crippen molar-refractivity contribution in [3.05, 3.63) is 28.7 Å². The second-order valence-corrected chi connectivity index (χ2v) is 9.83. The van der Waals surface area contributed by atoms with Gasteiger partial charge in [0, 0.05) is 20.4 Å². The molecular weight excluding hydrogens is 307 g/mol. The van der Waals surface area contributed by atoms with E-state index < -0.39 is 5.69 Å². The van der Waals surface area contributed by atoms with Crippen LogP contribution in [0.2, 0.25) is 0 Å². The van der Waals surface area contributed by atoms with Gasteiger partial charge in [0.15, 0.2) is 5.52 Å². The van der Waals surface area contributed by atoms with Crippen LogP contribution in [0.25, 0.3) is 11.0 Å². The first kappa shape index (κ1) is 14.5. The van der Waals surface area contributed by atoms with E-state index in [1.54, 1.807) is 12.1 Å². The third-order valence-corrected chi connectivity index (χ3v) is 7.87. The summed E-state index contributed by atoms with van der Waals surface area (Å²) in [6, 6.07) is 3.38. The average molecular weight is 318 g/mol. The van der Waals surface area contributed by atoms with Crippen molar-refractivity contribution >= 4 is 39.9 Å². The second-order valence-electron chi connectivity index (χ2n) is 3.34. The fraction of sp³-hybridized carbons (Fsp3) is 0.333. The predicted octanol–water partition coefficient (Wildman–Crippen LogP) is 1.39. The van der Waals surface area contributed by atoms with Crippen LogP contribution in [0, 0.1) is 0 Å². The Labute approximate surface area is 118 Å². The van der Waals surface area contributed by atoms with Gasteiger partial charge in [-0.1, -0.05) is 5.21 Å². The Balaban J connectivity index is 2.30. The molecule has 0 radical (unpaired) electrons. The fourth-order valence-electron chi connectivity index (χ4n) is 1.30. The topological polar surface area (TPSA) is 79.1 Å². The molecule has 2 aromatic heterocycles. The van der Waals surface area contributed by atoms with Crippen LogP contribution in [-0.4, -0.2) is 34.2 Å². The first-order valence-corrected chi connectivity index (χ1v) is 9.37. The van der Waals surface area contributed by atoms with Gasteiger partial charge in [0.05, 0.1) is 0 Å². The van der Waals surface area contributed by atoms with Crippen LogP contribution in [-0.2, 0) is 26.7 Å². The van der Waals surface area contributed by atoms with E-state index in [4.69, 9.17) is 20.9 Å². The Hall–Kier alpha value is -0.860. The molecule has 0 bridgehead atoms. The van der Waals surface area contributed by atoms with E-state index in [0.29, 0.717) is 5.52 Å². The Bertz CT molecular complexity index is 684.